The van der Waals surface area contributed by atoms with E-state index in [1.54, 1.807) is 19.1 Å². The Balaban J connectivity index is 2.06. The molecule has 114 valence electrons. The zero-order chi connectivity index (χ0) is 15.5. The molecule has 0 saturated carbocycles. The van der Waals surface area contributed by atoms with E-state index in [-0.39, 0.29) is 12.1 Å². The molecule has 0 radical (unpaired) electrons. The van der Waals surface area contributed by atoms with E-state index in [1.807, 2.05) is 10.8 Å². The van der Waals surface area contributed by atoms with Gasteiger partial charge in [0.25, 0.3) is 0 Å². The van der Waals surface area contributed by atoms with E-state index in [9.17, 15) is 18.3 Å². The fraction of sp³-hybridized carbons (Fsp3) is 0.333. The highest BCUT2D eigenvalue weighted by Crippen LogP contribution is 2.34. The van der Waals surface area contributed by atoms with Crippen molar-refractivity contribution in [3.8, 4) is 0 Å². The van der Waals surface area contributed by atoms with Gasteiger partial charge in [0, 0.05) is 12.6 Å². The summed E-state index contributed by atoms with van der Waals surface area (Å²) in [5.41, 5.74) is 0.307. The molecule has 0 saturated heterocycles. The average Bonchev–Trinajstić information content (AvgIpc) is 2.97. The smallest absolute Gasteiger partial charge is 0.387 e. The van der Waals surface area contributed by atoms with Crippen LogP contribution in [0.2, 0.25) is 0 Å². The third kappa shape index (κ3) is 4.06. The molecule has 21 heavy (non-hydrogen) atoms. The summed E-state index contributed by atoms with van der Waals surface area (Å²) < 4.78 is 38.9. The van der Waals surface area contributed by atoms with Crippen LogP contribution in [0.4, 0.5) is 13.2 Å². The average molecular weight is 315 g/mol. The van der Waals surface area contributed by atoms with Crippen LogP contribution in [0.15, 0.2) is 41.1 Å². The number of hydrogen-bond acceptors (Lipinski definition) is 3. The summed E-state index contributed by atoms with van der Waals surface area (Å²) in [5, 5.41) is 16.6. The van der Waals surface area contributed by atoms with Gasteiger partial charge in [0.15, 0.2) is 0 Å². The fourth-order valence-corrected chi connectivity index (χ4v) is 2.82. The van der Waals surface area contributed by atoms with Crippen molar-refractivity contribution in [3.05, 3.63) is 57.8 Å². The molecule has 2 rings (SSSR count). The van der Waals surface area contributed by atoms with E-state index in [0.29, 0.717) is 0 Å². The highest BCUT2D eigenvalue weighted by Gasteiger charge is 2.34. The lowest BCUT2D eigenvalue weighted by molar-refractivity contribution is -0.138. The van der Waals surface area contributed by atoms with Gasteiger partial charge in [-0.3, -0.25) is 0 Å². The third-order valence-corrected chi connectivity index (χ3v) is 3.98. The molecule has 6 heteroatoms. The van der Waals surface area contributed by atoms with Crippen molar-refractivity contribution >= 4 is 11.3 Å². The molecule has 1 aromatic carbocycles. The Morgan fingerprint density at radius 3 is 2.57 bits per heavy atom. The maximum atomic E-state index is 13.0. The van der Waals surface area contributed by atoms with Gasteiger partial charge in [0.05, 0.1) is 11.7 Å². The number of alkyl halides is 3. The summed E-state index contributed by atoms with van der Waals surface area (Å²) in [7, 11) is 0. The van der Waals surface area contributed by atoms with Crippen molar-refractivity contribution in [2.75, 3.05) is 6.54 Å². The topological polar surface area (TPSA) is 32.3 Å². The fourth-order valence-electron chi connectivity index (χ4n) is 2.11. The van der Waals surface area contributed by atoms with Gasteiger partial charge in [-0.15, -0.1) is 0 Å². The Morgan fingerprint density at radius 2 is 1.95 bits per heavy atom. The number of thiophene rings is 1. The molecular weight excluding hydrogens is 299 g/mol. The maximum absolute atomic E-state index is 13.0. The van der Waals surface area contributed by atoms with Crippen LogP contribution in [0, 0.1) is 0 Å². The van der Waals surface area contributed by atoms with E-state index in [0.717, 1.165) is 11.6 Å². The van der Waals surface area contributed by atoms with Crippen LogP contribution >= 0.6 is 11.3 Å². The number of benzene rings is 1. The molecule has 2 nitrogen and oxygen atoms in total. The molecule has 2 atom stereocenters. The van der Waals surface area contributed by atoms with Crippen molar-refractivity contribution in [2.24, 2.45) is 0 Å². The van der Waals surface area contributed by atoms with Crippen LogP contribution in [0.5, 0.6) is 0 Å². The quantitative estimate of drug-likeness (QED) is 0.869. The van der Waals surface area contributed by atoms with Gasteiger partial charge in [-0.1, -0.05) is 18.2 Å². The molecule has 1 heterocycles. The minimum Gasteiger partial charge on any atom is -0.387 e. The minimum atomic E-state index is -4.38. The highest BCUT2D eigenvalue weighted by molar-refractivity contribution is 7.07. The first-order valence-corrected chi connectivity index (χ1v) is 7.43. The Kier molecular flexibility index (Phi) is 5.03. The van der Waals surface area contributed by atoms with Crippen molar-refractivity contribution in [3.63, 3.8) is 0 Å². The summed E-state index contributed by atoms with van der Waals surface area (Å²) in [6.07, 6.45) is -5.10. The summed E-state index contributed by atoms with van der Waals surface area (Å²) >= 11 is 1.47. The van der Waals surface area contributed by atoms with E-state index < -0.39 is 23.9 Å². The normalized spacial score (nSPS) is 14.9. The van der Waals surface area contributed by atoms with Crippen LogP contribution in [-0.4, -0.2) is 11.7 Å². The molecule has 2 N–H and O–H groups in total. The minimum absolute atomic E-state index is 0.183. The Hall–Kier alpha value is -1.37. The maximum Gasteiger partial charge on any atom is 0.416 e. The zero-order valence-corrected chi connectivity index (χ0v) is 12.2. The van der Waals surface area contributed by atoms with E-state index in [1.165, 1.54) is 23.5 Å². The lowest BCUT2D eigenvalue weighted by Crippen LogP contribution is -2.26. The lowest BCUT2D eigenvalue weighted by Gasteiger charge is -2.21. The predicted molar refractivity (Wildman–Crippen MR) is 77.1 cm³/mol. The van der Waals surface area contributed by atoms with Crippen LogP contribution in [0.1, 0.15) is 35.8 Å². The predicted octanol–water partition coefficient (Wildman–Crippen LogP) is 4.15. The molecule has 2 unspecified atom stereocenters. The molecule has 1 aromatic heterocycles. The van der Waals surface area contributed by atoms with Crippen molar-refractivity contribution in [1.82, 2.24) is 5.32 Å². The van der Waals surface area contributed by atoms with Crippen LogP contribution in [0.3, 0.4) is 0 Å². The number of aliphatic hydroxyl groups is 1. The molecular formula is C15H16F3NOS. The summed E-state index contributed by atoms with van der Waals surface area (Å²) in [5.74, 6) is 0. The van der Waals surface area contributed by atoms with Crippen LogP contribution < -0.4 is 5.32 Å². The number of hydrogen-bond donors (Lipinski definition) is 2. The number of nitrogens with one attached hydrogen (secondary N) is 1. The Labute approximate surface area is 125 Å². The van der Waals surface area contributed by atoms with Gasteiger partial charge in [-0.05, 0) is 40.9 Å². The molecule has 0 spiro atoms. The third-order valence-electron chi connectivity index (χ3n) is 3.28. The SMILES string of the molecule is CC(NCC(O)c1ccsc1)c1ccccc1C(F)(F)F. The molecule has 0 amide bonds. The number of aliphatic hydroxyl groups excluding tert-OH is 1. The highest BCUT2D eigenvalue weighted by atomic mass is 32.1. The number of rotatable bonds is 5. The monoisotopic (exact) mass is 315 g/mol. The second kappa shape index (κ2) is 6.60. The largest absolute Gasteiger partial charge is 0.416 e. The van der Waals surface area contributed by atoms with Crippen LogP contribution in [-0.2, 0) is 6.18 Å². The summed E-state index contributed by atoms with van der Waals surface area (Å²) in [4.78, 5) is 0. The van der Waals surface area contributed by atoms with Gasteiger partial charge in [0.1, 0.15) is 0 Å². The molecule has 0 aliphatic carbocycles. The molecule has 0 aliphatic heterocycles. The van der Waals surface area contributed by atoms with E-state index >= 15 is 0 Å². The van der Waals surface area contributed by atoms with E-state index in [2.05, 4.69) is 5.32 Å². The standard InChI is InChI=1S/C15H16F3NOS/c1-10(19-8-14(20)11-6-7-21-9-11)12-4-2-3-5-13(12)15(16,17)18/h2-7,9-10,14,19-20H,8H2,1H3. The van der Waals surface area contributed by atoms with Gasteiger partial charge in [0.2, 0.25) is 0 Å². The van der Waals surface area contributed by atoms with Gasteiger partial charge in [-0.25, -0.2) is 0 Å². The summed E-state index contributed by atoms with van der Waals surface area (Å²) in [6, 6.07) is 6.78. The number of halogens is 3. The molecule has 2 aromatic rings. The first-order valence-electron chi connectivity index (χ1n) is 6.49. The van der Waals surface area contributed by atoms with Crippen LogP contribution in [0.25, 0.3) is 0 Å². The Bertz CT molecular complexity index is 569. The van der Waals surface area contributed by atoms with E-state index in [4.69, 9.17) is 0 Å². The second-order valence-electron chi connectivity index (χ2n) is 4.79. The van der Waals surface area contributed by atoms with Crippen molar-refractivity contribution < 1.29 is 18.3 Å². The van der Waals surface area contributed by atoms with Gasteiger partial charge >= 0.3 is 6.18 Å². The molecule has 0 fully saturated rings. The second-order valence-corrected chi connectivity index (χ2v) is 5.57. The van der Waals surface area contributed by atoms with Gasteiger partial charge in [-0.2, -0.15) is 24.5 Å². The Morgan fingerprint density at radius 1 is 1.24 bits per heavy atom. The van der Waals surface area contributed by atoms with Gasteiger partial charge < -0.3 is 10.4 Å². The first kappa shape index (κ1) is 16.0. The molecule has 0 bridgehead atoms. The van der Waals surface area contributed by atoms with Crippen molar-refractivity contribution in [2.45, 2.75) is 25.2 Å². The zero-order valence-electron chi connectivity index (χ0n) is 11.4. The lowest BCUT2D eigenvalue weighted by atomic mass is 10.0. The van der Waals surface area contributed by atoms with Crippen molar-refractivity contribution in [1.29, 1.82) is 0 Å². The molecule has 0 aliphatic rings. The first-order chi connectivity index (χ1) is 9.89. The summed E-state index contributed by atoms with van der Waals surface area (Å²) in [6.45, 7) is 1.86.